The second-order valence-corrected chi connectivity index (χ2v) is 6.76. The number of hydrogen-bond acceptors (Lipinski definition) is 5. The Kier molecular flexibility index (Phi) is 4.25. The van der Waals surface area contributed by atoms with E-state index < -0.39 is 11.6 Å². The Labute approximate surface area is 153 Å². The molecule has 0 fully saturated rings. The fourth-order valence-electron chi connectivity index (χ4n) is 3.23. The van der Waals surface area contributed by atoms with Gasteiger partial charge in [0, 0.05) is 30.0 Å². The van der Waals surface area contributed by atoms with Gasteiger partial charge in [0.05, 0.1) is 6.54 Å². The highest BCUT2D eigenvalue weighted by Crippen LogP contribution is 2.31. The summed E-state index contributed by atoms with van der Waals surface area (Å²) in [6.07, 6.45) is 1.75. The monoisotopic (exact) mass is 373 g/mol. The summed E-state index contributed by atoms with van der Waals surface area (Å²) in [5.74, 6) is -0.923. The molecule has 1 aromatic carbocycles. The number of benzene rings is 1. The van der Waals surface area contributed by atoms with Crippen LogP contribution in [0.4, 0.5) is 8.78 Å². The maximum absolute atomic E-state index is 13.6. The quantitative estimate of drug-likeness (QED) is 0.696. The first kappa shape index (κ1) is 17.4. The summed E-state index contributed by atoms with van der Waals surface area (Å²) in [6.45, 7) is 4.54. The topological polar surface area (TPSA) is 72.4 Å². The molecule has 1 amide bonds. The third-order valence-electron chi connectivity index (χ3n) is 4.63. The molecular formula is C19H17F2N3O3. The maximum Gasteiger partial charge on any atom is 0.276 e. The molecule has 0 N–H and O–H groups in total. The van der Waals surface area contributed by atoms with Crippen molar-refractivity contribution in [2.24, 2.45) is 0 Å². The molecule has 0 aliphatic carbocycles. The number of carbonyl (C=O) groups is 1. The van der Waals surface area contributed by atoms with Gasteiger partial charge in [0.1, 0.15) is 17.2 Å². The average molecular weight is 373 g/mol. The van der Waals surface area contributed by atoms with Crippen molar-refractivity contribution in [2.75, 3.05) is 6.54 Å². The Hall–Kier alpha value is -3.03. The Morgan fingerprint density at radius 2 is 2.07 bits per heavy atom. The van der Waals surface area contributed by atoms with Crippen molar-refractivity contribution >= 4 is 5.91 Å². The first-order valence-electron chi connectivity index (χ1n) is 8.61. The van der Waals surface area contributed by atoms with Crippen molar-refractivity contribution in [3.63, 3.8) is 0 Å². The van der Waals surface area contributed by atoms with Crippen molar-refractivity contribution in [3.8, 4) is 11.3 Å². The van der Waals surface area contributed by atoms with E-state index >= 15 is 0 Å². The maximum atomic E-state index is 13.6. The minimum Gasteiger partial charge on any atom is -0.447 e. The molecule has 4 rings (SSSR count). The zero-order valence-corrected chi connectivity index (χ0v) is 14.8. The molecule has 0 saturated heterocycles. The van der Waals surface area contributed by atoms with Crippen LogP contribution in [0.1, 0.15) is 47.3 Å². The number of carbonyl (C=O) groups excluding carboxylic acids is 1. The number of fused-ring (bicyclic) bond motifs is 1. The lowest BCUT2D eigenvalue weighted by Crippen LogP contribution is -2.36. The molecule has 0 radical (unpaired) electrons. The molecule has 0 saturated carbocycles. The molecule has 3 aromatic rings. The van der Waals surface area contributed by atoms with Crippen LogP contribution in [-0.2, 0) is 13.0 Å². The summed E-state index contributed by atoms with van der Waals surface area (Å²) in [6, 6.07) is 3.55. The molecule has 6 nitrogen and oxygen atoms in total. The van der Waals surface area contributed by atoms with Crippen molar-refractivity contribution in [1.82, 2.24) is 15.0 Å². The van der Waals surface area contributed by atoms with Crippen LogP contribution in [0, 0.1) is 11.6 Å². The Balaban J connectivity index is 1.65. The number of aromatic nitrogens is 2. The second-order valence-electron chi connectivity index (χ2n) is 6.76. The van der Waals surface area contributed by atoms with Gasteiger partial charge in [-0.25, -0.2) is 13.8 Å². The number of amides is 1. The highest BCUT2D eigenvalue weighted by molar-refractivity contribution is 5.93. The number of hydrogen-bond donors (Lipinski definition) is 0. The van der Waals surface area contributed by atoms with E-state index in [9.17, 15) is 13.6 Å². The Bertz CT molecular complexity index is 1010. The third kappa shape index (κ3) is 3.01. The minimum absolute atomic E-state index is 0.0279. The molecule has 0 atom stereocenters. The van der Waals surface area contributed by atoms with Crippen LogP contribution in [0.3, 0.4) is 0 Å². The fraction of sp³-hybridized carbons (Fsp3) is 0.316. The van der Waals surface area contributed by atoms with E-state index in [4.69, 9.17) is 8.94 Å². The highest BCUT2D eigenvalue weighted by atomic mass is 19.2. The zero-order valence-electron chi connectivity index (χ0n) is 14.8. The van der Waals surface area contributed by atoms with Gasteiger partial charge in [-0.15, -0.1) is 0 Å². The van der Waals surface area contributed by atoms with Crippen molar-refractivity contribution in [3.05, 3.63) is 59.0 Å². The summed E-state index contributed by atoms with van der Waals surface area (Å²) in [5, 5.41) is 4.00. The van der Waals surface area contributed by atoms with Gasteiger partial charge in [-0.2, -0.15) is 0 Å². The summed E-state index contributed by atoms with van der Waals surface area (Å²) in [5.41, 5.74) is 1.79. The first-order chi connectivity index (χ1) is 13.0. The zero-order chi connectivity index (χ0) is 19.1. The van der Waals surface area contributed by atoms with Crippen LogP contribution >= 0.6 is 0 Å². The molecule has 1 aliphatic heterocycles. The van der Waals surface area contributed by atoms with Crippen LogP contribution in [0.2, 0.25) is 0 Å². The van der Waals surface area contributed by atoms with Crippen LogP contribution < -0.4 is 0 Å². The predicted molar refractivity (Wildman–Crippen MR) is 90.9 cm³/mol. The average Bonchev–Trinajstić information content (AvgIpc) is 3.30. The Morgan fingerprint density at radius 3 is 2.81 bits per heavy atom. The molecule has 3 heterocycles. The molecule has 2 aromatic heterocycles. The van der Waals surface area contributed by atoms with Gasteiger partial charge < -0.3 is 13.8 Å². The van der Waals surface area contributed by atoms with E-state index in [1.807, 2.05) is 13.8 Å². The lowest BCUT2D eigenvalue weighted by atomic mass is 10.0. The molecule has 27 heavy (non-hydrogen) atoms. The molecule has 0 spiro atoms. The fourth-order valence-corrected chi connectivity index (χ4v) is 3.23. The van der Waals surface area contributed by atoms with Gasteiger partial charge in [-0.05, 0) is 18.2 Å². The highest BCUT2D eigenvalue weighted by Gasteiger charge is 2.31. The van der Waals surface area contributed by atoms with E-state index in [2.05, 4.69) is 10.1 Å². The summed E-state index contributed by atoms with van der Waals surface area (Å²) in [7, 11) is 0. The molecule has 1 aliphatic rings. The van der Waals surface area contributed by atoms with Crippen molar-refractivity contribution < 1.29 is 22.5 Å². The van der Waals surface area contributed by atoms with E-state index in [0.717, 1.165) is 12.1 Å². The molecule has 8 heteroatoms. The number of halogens is 2. The largest absolute Gasteiger partial charge is 0.447 e. The van der Waals surface area contributed by atoms with E-state index in [1.165, 1.54) is 12.5 Å². The normalized spacial score (nSPS) is 13.9. The van der Waals surface area contributed by atoms with Gasteiger partial charge in [-0.1, -0.05) is 19.0 Å². The lowest BCUT2D eigenvalue weighted by Gasteiger charge is -2.26. The predicted octanol–water partition coefficient (Wildman–Crippen LogP) is 3.93. The number of nitrogens with zero attached hydrogens (tertiary/aromatic N) is 3. The summed E-state index contributed by atoms with van der Waals surface area (Å²) < 4.78 is 37.5. The summed E-state index contributed by atoms with van der Waals surface area (Å²) in [4.78, 5) is 18.6. The van der Waals surface area contributed by atoms with Gasteiger partial charge in [-0.3, -0.25) is 4.79 Å². The van der Waals surface area contributed by atoms with Gasteiger partial charge in [0.15, 0.2) is 23.7 Å². The van der Waals surface area contributed by atoms with Crippen LogP contribution in [0.25, 0.3) is 11.3 Å². The molecule has 0 unspecified atom stereocenters. The smallest absolute Gasteiger partial charge is 0.276 e. The third-order valence-corrected chi connectivity index (χ3v) is 4.63. The van der Waals surface area contributed by atoms with Gasteiger partial charge in [0.2, 0.25) is 0 Å². The standard InChI is InChI=1S/C19H17F2N3O3/c1-10(2)18-17(22-9-26-18)19(25)24-6-5-15-12(8-24)16(23-27-15)11-3-4-13(20)14(21)7-11/h3-4,7,9-10H,5-6,8H2,1-2H3. The van der Waals surface area contributed by atoms with Gasteiger partial charge in [0.25, 0.3) is 5.91 Å². The van der Waals surface area contributed by atoms with Crippen LogP contribution in [0.5, 0.6) is 0 Å². The van der Waals surface area contributed by atoms with Crippen molar-refractivity contribution in [2.45, 2.75) is 32.7 Å². The number of oxazole rings is 1. The van der Waals surface area contributed by atoms with E-state index in [1.54, 1.807) is 4.90 Å². The number of rotatable bonds is 3. The minimum atomic E-state index is -0.961. The molecule has 0 bridgehead atoms. The summed E-state index contributed by atoms with van der Waals surface area (Å²) >= 11 is 0. The SMILES string of the molecule is CC(C)c1ocnc1C(=O)N1CCc2onc(-c3ccc(F)c(F)c3)c2C1. The van der Waals surface area contributed by atoms with Gasteiger partial charge >= 0.3 is 0 Å². The van der Waals surface area contributed by atoms with E-state index in [0.29, 0.717) is 47.0 Å². The first-order valence-corrected chi connectivity index (χ1v) is 8.61. The van der Waals surface area contributed by atoms with Crippen LogP contribution in [0.15, 0.2) is 33.5 Å². The molecule has 140 valence electrons. The lowest BCUT2D eigenvalue weighted by molar-refractivity contribution is 0.0721. The van der Waals surface area contributed by atoms with Crippen molar-refractivity contribution in [1.29, 1.82) is 0 Å². The van der Waals surface area contributed by atoms with E-state index in [-0.39, 0.29) is 18.4 Å². The second kappa shape index (κ2) is 6.61. The Morgan fingerprint density at radius 1 is 1.26 bits per heavy atom. The molecular weight excluding hydrogens is 356 g/mol. The van der Waals surface area contributed by atoms with Crippen LogP contribution in [-0.4, -0.2) is 27.5 Å².